The predicted octanol–water partition coefficient (Wildman–Crippen LogP) is 4.83. The number of alkyl halides is 1. The molecule has 0 amide bonds. The van der Waals surface area contributed by atoms with Crippen LogP contribution in [0.3, 0.4) is 0 Å². The summed E-state index contributed by atoms with van der Waals surface area (Å²) in [6, 6.07) is 14.4. The van der Waals surface area contributed by atoms with E-state index in [1.165, 1.54) is 11.1 Å². The van der Waals surface area contributed by atoms with Crippen molar-refractivity contribution in [2.24, 2.45) is 0 Å². The van der Waals surface area contributed by atoms with E-state index in [4.69, 9.17) is 21.1 Å². The lowest BCUT2D eigenvalue weighted by atomic mass is 10.00. The first-order chi connectivity index (χ1) is 10.3. The van der Waals surface area contributed by atoms with E-state index in [0.717, 1.165) is 29.9 Å². The van der Waals surface area contributed by atoms with Gasteiger partial charge in [-0.2, -0.15) is 0 Å². The van der Waals surface area contributed by atoms with E-state index in [-0.39, 0.29) is 5.38 Å². The van der Waals surface area contributed by atoms with Crippen molar-refractivity contribution in [3.05, 3.63) is 64.7 Å². The van der Waals surface area contributed by atoms with Gasteiger partial charge in [-0.3, -0.25) is 0 Å². The average Bonchev–Trinajstić information content (AvgIpc) is 3.00. The van der Waals surface area contributed by atoms with Crippen molar-refractivity contribution in [3.8, 4) is 5.75 Å². The van der Waals surface area contributed by atoms with Gasteiger partial charge in [0.1, 0.15) is 5.75 Å². The Labute approximate surface area is 130 Å². The number of rotatable bonds is 5. The summed E-state index contributed by atoms with van der Waals surface area (Å²) in [4.78, 5) is 0. The highest BCUT2D eigenvalue weighted by atomic mass is 35.5. The maximum Gasteiger partial charge on any atom is 0.119 e. The predicted molar refractivity (Wildman–Crippen MR) is 84.9 cm³/mol. The number of ether oxygens (including phenoxy) is 2. The Morgan fingerprint density at radius 3 is 2.76 bits per heavy atom. The third-order valence-corrected chi connectivity index (χ3v) is 4.17. The summed E-state index contributed by atoms with van der Waals surface area (Å²) in [6.45, 7) is 4.22. The average molecular weight is 303 g/mol. The molecule has 0 fully saturated rings. The molecule has 2 aromatic carbocycles. The lowest BCUT2D eigenvalue weighted by Crippen LogP contribution is -1.98. The molecule has 0 bridgehead atoms. The molecule has 0 radical (unpaired) electrons. The second-order valence-electron chi connectivity index (χ2n) is 5.30. The number of hydrogen-bond donors (Lipinski definition) is 0. The van der Waals surface area contributed by atoms with Gasteiger partial charge in [-0.05, 0) is 40.8 Å². The fourth-order valence-corrected chi connectivity index (χ4v) is 2.80. The summed E-state index contributed by atoms with van der Waals surface area (Å²) in [5.41, 5.74) is 4.68. The van der Waals surface area contributed by atoms with Crippen LogP contribution < -0.4 is 4.74 Å². The van der Waals surface area contributed by atoms with Crippen LogP contribution in [0.15, 0.2) is 42.5 Å². The van der Waals surface area contributed by atoms with E-state index in [0.29, 0.717) is 13.2 Å². The molecule has 3 rings (SSSR count). The van der Waals surface area contributed by atoms with Crippen LogP contribution in [0.25, 0.3) is 0 Å². The minimum atomic E-state index is -0.166. The van der Waals surface area contributed by atoms with Crippen LogP contribution >= 0.6 is 11.6 Å². The molecule has 0 N–H and O–H groups in total. The molecule has 2 aromatic rings. The maximum atomic E-state index is 6.64. The summed E-state index contributed by atoms with van der Waals surface area (Å²) in [5.74, 6) is 0.879. The molecule has 1 atom stereocenters. The van der Waals surface area contributed by atoms with Gasteiger partial charge in [0.25, 0.3) is 0 Å². The van der Waals surface area contributed by atoms with Gasteiger partial charge in [-0.25, -0.2) is 0 Å². The fraction of sp³-hybridized carbons (Fsp3) is 0.333. The van der Waals surface area contributed by atoms with Gasteiger partial charge >= 0.3 is 0 Å². The number of benzene rings is 2. The van der Waals surface area contributed by atoms with Gasteiger partial charge < -0.3 is 9.47 Å². The Kier molecular flexibility index (Phi) is 4.47. The van der Waals surface area contributed by atoms with E-state index in [1.54, 1.807) is 0 Å². The fourth-order valence-electron chi connectivity index (χ4n) is 2.52. The van der Waals surface area contributed by atoms with Gasteiger partial charge in [0.05, 0.1) is 25.2 Å². The Morgan fingerprint density at radius 1 is 1.10 bits per heavy atom. The largest absolute Gasteiger partial charge is 0.494 e. The molecule has 1 aliphatic rings. The van der Waals surface area contributed by atoms with Crippen molar-refractivity contribution in [3.63, 3.8) is 0 Å². The highest BCUT2D eigenvalue weighted by molar-refractivity contribution is 6.22. The third kappa shape index (κ3) is 3.22. The minimum Gasteiger partial charge on any atom is -0.494 e. The molecule has 1 aliphatic heterocycles. The molecular formula is C18H19ClO2. The zero-order chi connectivity index (χ0) is 14.7. The van der Waals surface area contributed by atoms with Crippen molar-refractivity contribution in [1.82, 2.24) is 0 Å². The molecule has 1 heterocycles. The standard InChI is InChI=1S/C18H19ClO2/c1-2-8-21-17-5-3-4-13(10-17)18(19)14-6-7-15-11-20-12-16(15)9-14/h3-7,9-10,18H,2,8,11-12H2,1H3. The second kappa shape index (κ2) is 6.50. The molecule has 21 heavy (non-hydrogen) atoms. The van der Waals surface area contributed by atoms with E-state index >= 15 is 0 Å². The molecule has 110 valence electrons. The highest BCUT2D eigenvalue weighted by Gasteiger charge is 2.16. The first kappa shape index (κ1) is 14.4. The van der Waals surface area contributed by atoms with Gasteiger partial charge in [0.15, 0.2) is 0 Å². The summed E-state index contributed by atoms with van der Waals surface area (Å²) in [7, 11) is 0. The quantitative estimate of drug-likeness (QED) is 0.736. The zero-order valence-electron chi connectivity index (χ0n) is 12.1. The normalized spacial score (nSPS) is 14.8. The van der Waals surface area contributed by atoms with Crippen molar-refractivity contribution in [1.29, 1.82) is 0 Å². The molecule has 0 aliphatic carbocycles. The van der Waals surface area contributed by atoms with Crippen LogP contribution in [-0.2, 0) is 18.0 Å². The maximum absolute atomic E-state index is 6.64. The monoisotopic (exact) mass is 302 g/mol. The van der Waals surface area contributed by atoms with E-state index in [1.807, 2.05) is 24.3 Å². The Balaban J connectivity index is 1.82. The Morgan fingerprint density at radius 2 is 1.90 bits per heavy atom. The smallest absolute Gasteiger partial charge is 0.119 e. The Bertz CT molecular complexity index is 624. The van der Waals surface area contributed by atoms with Crippen LogP contribution in [0.2, 0.25) is 0 Å². The summed E-state index contributed by atoms with van der Waals surface area (Å²) < 4.78 is 11.1. The summed E-state index contributed by atoms with van der Waals surface area (Å²) in [6.07, 6.45) is 0.999. The topological polar surface area (TPSA) is 18.5 Å². The van der Waals surface area contributed by atoms with E-state index in [2.05, 4.69) is 25.1 Å². The molecule has 0 spiro atoms. The van der Waals surface area contributed by atoms with Gasteiger partial charge in [0, 0.05) is 0 Å². The van der Waals surface area contributed by atoms with Gasteiger partial charge in [0.2, 0.25) is 0 Å². The minimum absolute atomic E-state index is 0.166. The van der Waals surface area contributed by atoms with Crippen LogP contribution in [-0.4, -0.2) is 6.61 Å². The molecule has 1 unspecified atom stereocenters. The molecule has 3 heteroatoms. The first-order valence-corrected chi connectivity index (χ1v) is 7.78. The van der Waals surface area contributed by atoms with Gasteiger partial charge in [-0.1, -0.05) is 37.3 Å². The number of halogens is 1. The van der Waals surface area contributed by atoms with Crippen LogP contribution in [0.1, 0.15) is 41.0 Å². The van der Waals surface area contributed by atoms with Gasteiger partial charge in [-0.15, -0.1) is 11.6 Å². The second-order valence-corrected chi connectivity index (χ2v) is 5.74. The van der Waals surface area contributed by atoms with Crippen molar-refractivity contribution in [2.75, 3.05) is 6.61 Å². The molecular weight excluding hydrogens is 284 g/mol. The van der Waals surface area contributed by atoms with Crippen molar-refractivity contribution >= 4 is 11.6 Å². The van der Waals surface area contributed by atoms with E-state index < -0.39 is 0 Å². The summed E-state index contributed by atoms with van der Waals surface area (Å²) in [5, 5.41) is -0.166. The number of fused-ring (bicyclic) bond motifs is 1. The SMILES string of the molecule is CCCOc1cccc(C(Cl)c2ccc3c(c2)COC3)c1. The molecule has 2 nitrogen and oxygen atoms in total. The lowest BCUT2D eigenvalue weighted by molar-refractivity contribution is 0.134. The van der Waals surface area contributed by atoms with Crippen LogP contribution in [0.4, 0.5) is 0 Å². The zero-order valence-corrected chi connectivity index (χ0v) is 12.9. The number of hydrogen-bond acceptors (Lipinski definition) is 2. The Hall–Kier alpha value is -1.51. The molecule has 0 aromatic heterocycles. The summed E-state index contributed by atoms with van der Waals surface area (Å²) >= 11 is 6.64. The van der Waals surface area contributed by atoms with Crippen molar-refractivity contribution < 1.29 is 9.47 Å². The van der Waals surface area contributed by atoms with Crippen LogP contribution in [0, 0.1) is 0 Å². The highest BCUT2D eigenvalue weighted by Crippen LogP contribution is 2.33. The third-order valence-electron chi connectivity index (χ3n) is 3.66. The van der Waals surface area contributed by atoms with E-state index in [9.17, 15) is 0 Å². The first-order valence-electron chi connectivity index (χ1n) is 7.34. The molecule has 0 saturated heterocycles. The van der Waals surface area contributed by atoms with Crippen LogP contribution in [0.5, 0.6) is 5.75 Å². The molecule has 0 saturated carbocycles. The van der Waals surface area contributed by atoms with Crippen molar-refractivity contribution in [2.45, 2.75) is 31.9 Å². The lowest BCUT2D eigenvalue weighted by Gasteiger charge is -2.13.